The Kier molecular flexibility index (Phi) is 6.38. The van der Waals surface area contributed by atoms with Gasteiger partial charge in [0.1, 0.15) is 6.61 Å². The van der Waals surface area contributed by atoms with Gasteiger partial charge < -0.3 is 4.74 Å². The van der Waals surface area contributed by atoms with Crippen LogP contribution < -0.4 is 0 Å². The second kappa shape index (κ2) is 8.50. The first kappa shape index (κ1) is 17.3. The third kappa shape index (κ3) is 4.29. The molecule has 23 heavy (non-hydrogen) atoms. The lowest BCUT2D eigenvalue weighted by Gasteiger charge is -2.43. The van der Waals surface area contributed by atoms with Gasteiger partial charge in [0.25, 0.3) is 0 Å². The normalized spacial score (nSPS) is 26.8. The van der Waals surface area contributed by atoms with E-state index in [2.05, 4.69) is 4.90 Å². The predicted octanol–water partition coefficient (Wildman–Crippen LogP) is 4.55. The fraction of sp³-hybridized carbons (Fsp3) is 0.950. The van der Waals surface area contributed by atoms with Gasteiger partial charge in [-0.15, -0.1) is 0 Å². The number of carbonyl (C=O) groups is 1. The Hall–Kier alpha value is -0.570. The Balaban J connectivity index is 1.54. The molecule has 0 N–H and O–H groups in total. The predicted molar refractivity (Wildman–Crippen MR) is 93.3 cm³/mol. The van der Waals surface area contributed by atoms with Crippen molar-refractivity contribution in [2.45, 2.75) is 83.5 Å². The fourth-order valence-electron chi connectivity index (χ4n) is 5.21. The molecule has 3 nitrogen and oxygen atoms in total. The van der Waals surface area contributed by atoms with E-state index >= 15 is 0 Å². The molecule has 0 unspecified atom stereocenters. The van der Waals surface area contributed by atoms with Gasteiger partial charge in [0.15, 0.2) is 0 Å². The van der Waals surface area contributed by atoms with Crippen LogP contribution >= 0.6 is 0 Å². The summed E-state index contributed by atoms with van der Waals surface area (Å²) < 4.78 is 5.86. The molecule has 0 aromatic carbocycles. The average Bonchev–Trinajstić information content (AvgIpc) is 2.64. The zero-order valence-corrected chi connectivity index (χ0v) is 14.9. The van der Waals surface area contributed by atoms with Crippen LogP contribution in [0.3, 0.4) is 0 Å². The lowest BCUT2D eigenvalue weighted by Crippen LogP contribution is -2.43. The van der Waals surface area contributed by atoms with Crippen molar-refractivity contribution < 1.29 is 9.53 Å². The molecule has 1 heterocycles. The minimum absolute atomic E-state index is 0.124. The number of carbonyl (C=O) groups excluding carboxylic acids is 1. The summed E-state index contributed by atoms with van der Waals surface area (Å²) in [5, 5.41) is 0. The van der Waals surface area contributed by atoms with Crippen LogP contribution in [0.15, 0.2) is 0 Å². The van der Waals surface area contributed by atoms with Crippen LogP contribution in [-0.2, 0) is 9.53 Å². The molecule has 0 aromatic heterocycles. The van der Waals surface area contributed by atoms with E-state index in [-0.39, 0.29) is 11.4 Å². The Morgan fingerprint density at radius 2 is 1.48 bits per heavy atom. The second-order valence-corrected chi connectivity index (χ2v) is 8.09. The molecule has 2 aliphatic carbocycles. The van der Waals surface area contributed by atoms with Crippen LogP contribution in [-0.4, -0.2) is 37.1 Å². The zero-order chi connectivity index (χ0) is 16.0. The van der Waals surface area contributed by atoms with Crippen LogP contribution in [0.4, 0.5) is 0 Å². The summed E-state index contributed by atoms with van der Waals surface area (Å²) in [7, 11) is 0. The molecule has 0 aromatic rings. The highest BCUT2D eigenvalue weighted by atomic mass is 16.5. The van der Waals surface area contributed by atoms with E-state index in [1.54, 1.807) is 0 Å². The summed E-state index contributed by atoms with van der Waals surface area (Å²) in [6.07, 6.45) is 16.4. The monoisotopic (exact) mass is 321 g/mol. The lowest BCUT2D eigenvalue weighted by molar-refractivity contribution is -0.164. The summed E-state index contributed by atoms with van der Waals surface area (Å²) in [4.78, 5) is 15.5. The summed E-state index contributed by atoms with van der Waals surface area (Å²) in [6.45, 7) is 3.91. The molecular formula is C20H35NO2. The van der Waals surface area contributed by atoms with Crippen molar-refractivity contribution in [2.75, 3.05) is 26.2 Å². The first-order valence-corrected chi connectivity index (χ1v) is 10.2. The number of piperidine rings is 1. The van der Waals surface area contributed by atoms with Gasteiger partial charge in [0.05, 0.1) is 5.41 Å². The molecule has 3 fully saturated rings. The molecular weight excluding hydrogens is 286 g/mol. The minimum atomic E-state index is -0.124. The summed E-state index contributed by atoms with van der Waals surface area (Å²) in [6, 6.07) is 0. The van der Waals surface area contributed by atoms with E-state index in [0.29, 0.717) is 12.5 Å². The molecule has 1 aliphatic heterocycles. The molecule has 0 spiro atoms. The van der Waals surface area contributed by atoms with Crippen LogP contribution in [0.5, 0.6) is 0 Å². The van der Waals surface area contributed by atoms with Crippen molar-refractivity contribution >= 4 is 5.97 Å². The van der Waals surface area contributed by atoms with Gasteiger partial charge in [-0.2, -0.15) is 0 Å². The minimum Gasteiger partial charge on any atom is -0.464 e. The highest BCUT2D eigenvalue weighted by molar-refractivity contribution is 5.77. The molecule has 3 heteroatoms. The van der Waals surface area contributed by atoms with Crippen molar-refractivity contribution in [1.29, 1.82) is 0 Å². The van der Waals surface area contributed by atoms with Crippen molar-refractivity contribution in [1.82, 2.24) is 4.90 Å². The Morgan fingerprint density at radius 1 is 0.870 bits per heavy atom. The van der Waals surface area contributed by atoms with E-state index in [9.17, 15) is 4.79 Å². The van der Waals surface area contributed by atoms with Gasteiger partial charge in [-0.3, -0.25) is 9.69 Å². The quantitative estimate of drug-likeness (QED) is 0.696. The first-order valence-electron chi connectivity index (χ1n) is 10.2. The number of likely N-dealkylation sites (tertiary alicyclic amines) is 1. The molecule has 1 saturated heterocycles. The highest BCUT2D eigenvalue weighted by Gasteiger charge is 2.47. The van der Waals surface area contributed by atoms with Gasteiger partial charge in [0, 0.05) is 6.54 Å². The highest BCUT2D eigenvalue weighted by Crippen LogP contribution is 2.49. The largest absolute Gasteiger partial charge is 0.464 e. The molecule has 0 radical (unpaired) electrons. The fourth-order valence-corrected chi connectivity index (χ4v) is 5.21. The van der Waals surface area contributed by atoms with Crippen molar-refractivity contribution in [3.05, 3.63) is 0 Å². The average molecular weight is 322 g/mol. The number of ether oxygens (including phenoxy) is 1. The maximum atomic E-state index is 13.0. The molecule has 2 saturated carbocycles. The molecule has 0 amide bonds. The van der Waals surface area contributed by atoms with Crippen LogP contribution in [0, 0.1) is 11.3 Å². The Morgan fingerprint density at radius 3 is 2.17 bits per heavy atom. The third-order valence-electron chi connectivity index (χ3n) is 6.63. The van der Waals surface area contributed by atoms with Crippen molar-refractivity contribution in [2.24, 2.45) is 11.3 Å². The first-order chi connectivity index (χ1) is 11.3. The van der Waals surface area contributed by atoms with Gasteiger partial charge in [0.2, 0.25) is 0 Å². The van der Waals surface area contributed by atoms with Crippen LogP contribution in [0.1, 0.15) is 83.5 Å². The van der Waals surface area contributed by atoms with Gasteiger partial charge in [-0.1, -0.05) is 44.9 Å². The molecule has 3 aliphatic rings. The third-order valence-corrected chi connectivity index (χ3v) is 6.63. The zero-order valence-electron chi connectivity index (χ0n) is 14.9. The van der Waals surface area contributed by atoms with Gasteiger partial charge in [-0.05, 0) is 57.5 Å². The number of nitrogens with zero attached hydrogens (tertiary/aromatic N) is 1. The Labute approximate surface area is 142 Å². The van der Waals surface area contributed by atoms with Crippen molar-refractivity contribution in [3.63, 3.8) is 0 Å². The topological polar surface area (TPSA) is 29.5 Å². The Bertz CT molecular complexity index is 364. The smallest absolute Gasteiger partial charge is 0.312 e. The van der Waals surface area contributed by atoms with Crippen LogP contribution in [0.25, 0.3) is 0 Å². The second-order valence-electron chi connectivity index (χ2n) is 8.09. The van der Waals surface area contributed by atoms with E-state index in [1.165, 1.54) is 83.7 Å². The van der Waals surface area contributed by atoms with Gasteiger partial charge in [-0.25, -0.2) is 0 Å². The summed E-state index contributed by atoms with van der Waals surface area (Å²) in [5.74, 6) is 0.750. The number of esters is 1. The van der Waals surface area contributed by atoms with Crippen LogP contribution in [0.2, 0.25) is 0 Å². The number of rotatable bonds is 5. The van der Waals surface area contributed by atoms with Crippen molar-refractivity contribution in [3.8, 4) is 0 Å². The summed E-state index contributed by atoms with van der Waals surface area (Å²) >= 11 is 0. The maximum absolute atomic E-state index is 13.0. The maximum Gasteiger partial charge on any atom is 0.312 e. The molecule has 0 atom stereocenters. The van der Waals surface area contributed by atoms with E-state index < -0.39 is 0 Å². The molecule has 0 bridgehead atoms. The molecule has 132 valence electrons. The number of hydrogen-bond donors (Lipinski definition) is 0. The van der Waals surface area contributed by atoms with E-state index in [0.717, 1.165) is 19.4 Å². The lowest BCUT2D eigenvalue weighted by atomic mass is 9.62. The number of hydrogen-bond acceptors (Lipinski definition) is 3. The van der Waals surface area contributed by atoms with E-state index in [1.807, 2.05) is 0 Å². The SMILES string of the molecule is O=C(OCCN1CCCCC1)C1(C2CCCCC2)CCCCC1. The summed E-state index contributed by atoms with van der Waals surface area (Å²) in [5.41, 5.74) is -0.124. The van der Waals surface area contributed by atoms with Gasteiger partial charge >= 0.3 is 5.97 Å². The standard InChI is InChI=1S/C20H35NO2/c22-19(23-17-16-21-14-8-3-9-15-21)20(12-6-2-7-13-20)18-10-4-1-5-11-18/h18H,1-17H2. The van der Waals surface area contributed by atoms with E-state index in [4.69, 9.17) is 4.74 Å². The molecule has 3 rings (SSSR count).